The van der Waals surface area contributed by atoms with Crippen molar-refractivity contribution in [3.05, 3.63) is 41.7 Å². The minimum absolute atomic E-state index is 0.00322. The lowest BCUT2D eigenvalue weighted by Gasteiger charge is -2.20. The van der Waals surface area contributed by atoms with Crippen molar-refractivity contribution in [2.24, 2.45) is 10.8 Å². The molecule has 0 unspecified atom stereocenters. The molecule has 264 valence electrons. The normalized spacial score (nSPS) is 12.1. The van der Waals surface area contributed by atoms with Gasteiger partial charge in [-0.2, -0.15) is 9.97 Å². The molecule has 0 aliphatic heterocycles. The molecule has 0 bridgehead atoms. The van der Waals surface area contributed by atoms with Gasteiger partial charge in [0, 0.05) is 24.7 Å². The molecule has 0 aliphatic carbocycles. The lowest BCUT2D eigenvalue weighted by molar-refractivity contribution is -0.174. The van der Waals surface area contributed by atoms with Crippen LogP contribution in [0.5, 0.6) is 0 Å². The van der Waals surface area contributed by atoms with E-state index in [0.717, 1.165) is 5.69 Å². The highest BCUT2D eigenvalue weighted by Crippen LogP contribution is 2.20. The van der Waals surface area contributed by atoms with Gasteiger partial charge < -0.3 is 40.6 Å². The van der Waals surface area contributed by atoms with Crippen molar-refractivity contribution in [3.8, 4) is 0 Å². The van der Waals surface area contributed by atoms with E-state index in [0.29, 0.717) is 17.8 Å². The van der Waals surface area contributed by atoms with Crippen LogP contribution in [0.25, 0.3) is 11.2 Å². The number of fused-ring (bicyclic) bond motifs is 1. The fraction of sp³-hybridized carbons (Fsp3) is 0.469. The number of aromatic nitrogens is 4. The maximum absolute atomic E-state index is 13.2. The second-order valence-electron chi connectivity index (χ2n) is 13.0. The number of esters is 4. The molecular weight excluding hydrogens is 640 g/mol. The summed E-state index contributed by atoms with van der Waals surface area (Å²) >= 11 is 0. The van der Waals surface area contributed by atoms with E-state index in [2.05, 4.69) is 25.3 Å². The second-order valence-corrected chi connectivity index (χ2v) is 13.0. The summed E-state index contributed by atoms with van der Waals surface area (Å²) < 4.78 is 19.9. The average Bonchev–Trinajstić information content (AvgIpc) is 3.02. The third-order valence-electron chi connectivity index (χ3n) is 6.72. The van der Waals surface area contributed by atoms with Gasteiger partial charge in [-0.3, -0.25) is 19.2 Å². The molecule has 1 aromatic carbocycles. The Labute approximate surface area is 283 Å². The Morgan fingerprint density at radius 3 is 2.02 bits per heavy atom. The van der Waals surface area contributed by atoms with Gasteiger partial charge >= 0.3 is 23.9 Å². The lowest BCUT2D eigenvalue weighted by atomic mass is 9.97. The highest BCUT2D eigenvalue weighted by Gasteiger charge is 2.28. The smallest absolute Gasteiger partial charge is 0.331 e. The Kier molecular flexibility index (Phi) is 12.3. The molecule has 3 rings (SSSR count). The van der Waals surface area contributed by atoms with E-state index in [4.69, 9.17) is 30.4 Å². The van der Waals surface area contributed by atoms with Crippen LogP contribution in [0.4, 0.5) is 17.5 Å². The monoisotopic (exact) mass is 682 g/mol. The molecule has 3 aromatic rings. The number of anilines is 3. The maximum Gasteiger partial charge on any atom is 0.331 e. The molecule has 0 spiro atoms. The third-order valence-corrected chi connectivity index (χ3v) is 6.72. The fourth-order valence-electron chi connectivity index (χ4n) is 3.91. The zero-order valence-electron chi connectivity index (χ0n) is 28.6. The number of nitrogens with two attached hydrogens (primary N) is 2. The summed E-state index contributed by atoms with van der Waals surface area (Å²) in [6.45, 7) is 8.87. The first kappa shape index (κ1) is 37.8. The van der Waals surface area contributed by atoms with Gasteiger partial charge in [-0.1, -0.05) is 0 Å². The Morgan fingerprint density at radius 1 is 0.837 bits per heavy atom. The van der Waals surface area contributed by atoms with E-state index >= 15 is 0 Å². The van der Waals surface area contributed by atoms with Crippen LogP contribution in [0, 0.1) is 10.8 Å². The molecule has 5 N–H and O–H groups in total. The predicted octanol–water partition coefficient (Wildman–Crippen LogP) is 2.28. The van der Waals surface area contributed by atoms with E-state index in [1.54, 1.807) is 72.0 Å². The molecule has 0 saturated carbocycles. The number of nitrogen functional groups attached to an aromatic ring is 2. The molecule has 2 aromatic heterocycles. The predicted molar refractivity (Wildman–Crippen MR) is 176 cm³/mol. The van der Waals surface area contributed by atoms with Crippen LogP contribution in [0.15, 0.2) is 30.5 Å². The number of amides is 1. The van der Waals surface area contributed by atoms with Crippen molar-refractivity contribution in [1.29, 1.82) is 0 Å². The van der Waals surface area contributed by atoms with E-state index in [1.807, 2.05) is 11.9 Å². The van der Waals surface area contributed by atoms with Gasteiger partial charge in [0.2, 0.25) is 19.5 Å². The number of carbonyl (C=O) groups is 5. The number of nitrogens with zero attached hydrogens (tertiary/aromatic N) is 5. The Hall–Kier alpha value is -5.61. The first-order valence-corrected chi connectivity index (χ1v) is 15.2. The number of hydrogen-bond acceptors (Lipinski definition) is 16. The molecule has 0 aliphatic rings. The van der Waals surface area contributed by atoms with Crippen LogP contribution >= 0.6 is 0 Å². The second kappa shape index (κ2) is 16.0. The van der Waals surface area contributed by atoms with Crippen LogP contribution in [-0.2, 0) is 44.7 Å². The largest absolute Gasteiger partial charge is 0.428 e. The lowest BCUT2D eigenvalue weighted by Crippen LogP contribution is -2.42. The van der Waals surface area contributed by atoms with E-state index in [1.165, 1.54) is 0 Å². The zero-order chi connectivity index (χ0) is 36.5. The summed E-state index contributed by atoms with van der Waals surface area (Å²) in [6.07, 6.45) is 0.991. The molecule has 17 nitrogen and oxygen atoms in total. The van der Waals surface area contributed by atoms with Crippen LogP contribution in [0.3, 0.4) is 0 Å². The maximum atomic E-state index is 13.2. The Morgan fingerprint density at radius 2 is 1.43 bits per heavy atom. The number of hydrogen-bond donors (Lipinski definition) is 3. The average molecular weight is 683 g/mol. The minimum Gasteiger partial charge on any atom is -0.428 e. The van der Waals surface area contributed by atoms with Crippen LogP contribution in [0.2, 0.25) is 0 Å². The highest BCUT2D eigenvalue weighted by molar-refractivity contribution is 5.97. The molecule has 0 fully saturated rings. The van der Waals surface area contributed by atoms with E-state index in [9.17, 15) is 24.0 Å². The van der Waals surface area contributed by atoms with Crippen LogP contribution in [0.1, 0.15) is 70.4 Å². The van der Waals surface area contributed by atoms with Crippen molar-refractivity contribution >= 4 is 58.4 Å². The Balaban J connectivity index is 1.64. The van der Waals surface area contributed by atoms with E-state index < -0.39 is 60.2 Å². The molecule has 17 heteroatoms. The van der Waals surface area contributed by atoms with Gasteiger partial charge in [-0.15, -0.1) is 0 Å². The van der Waals surface area contributed by atoms with Crippen LogP contribution < -0.4 is 21.7 Å². The van der Waals surface area contributed by atoms with Gasteiger partial charge in [0.1, 0.15) is 6.04 Å². The highest BCUT2D eigenvalue weighted by atomic mass is 16.7. The summed E-state index contributed by atoms with van der Waals surface area (Å²) in [5.41, 5.74) is 12.0. The van der Waals surface area contributed by atoms with Gasteiger partial charge in [0.05, 0.1) is 29.3 Å². The molecule has 49 heavy (non-hydrogen) atoms. The molecular formula is C32H42N8O9. The van der Waals surface area contributed by atoms with Gasteiger partial charge in [-0.25, -0.2) is 14.8 Å². The Bertz CT molecular complexity index is 1680. The summed E-state index contributed by atoms with van der Waals surface area (Å²) in [6, 6.07) is 5.17. The molecule has 1 amide bonds. The number of carbonyl (C=O) groups excluding carboxylic acids is 5. The standard InChI is InChI=1S/C32H42N8O9/c1-31(2,3)28(44)48-16-46-22(41)13-12-21(27(43)47-17-49-29(45)32(4,5)6)37-26(42)18-8-10-20(11-9-18)40(7)15-19-14-35-25-23(36-19)24(33)38-30(34)39-25/h8-11,14,21H,12-13,15-17H2,1-7H3,(H,37,42)(H4,33,34,35,38,39)/t21-/m0/s1. The number of rotatable bonds is 13. The van der Waals surface area contributed by atoms with Crippen molar-refractivity contribution in [2.75, 3.05) is 37.0 Å². The van der Waals surface area contributed by atoms with E-state index in [-0.39, 0.29) is 35.8 Å². The van der Waals surface area contributed by atoms with Gasteiger partial charge in [-0.05, 0) is 72.2 Å². The summed E-state index contributed by atoms with van der Waals surface area (Å²) in [7, 11) is 1.81. The number of ether oxygens (including phenoxy) is 4. The number of nitrogens with one attached hydrogen (secondary N) is 1. The first-order valence-electron chi connectivity index (χ1n) is 15.2. The SMILES string of the molecule is CN(Cc1cnc2nc(N)nc(N)c2n1)c1ccc(C(=O)N[C@@H](CCC(=O)OCOC(=O)C(C)(C)C)C(=O)OCOC(=O)C(C)(C)C)cc1. The molecule has 2 heterocycles. The summed E-state index contributed by atoms with van der Waals surface area (Å²) in [4.78, 5) is 80.9. The zero-order valence-corrected chi connectivity index (χ0v) is 28.6. The molecule has 1 atom stereocenters. The van der Waals surface area contributed by atoms with Gasteiger partial charge in [0.15, 0.2) is 17.0 Å². The topological polar surface area (TPSA) is 241 Å². The minimum atomic E-state index is -1.31. The first-order chi connectivity index (χ1) is 22.8. The summed E-state index contributed by atoms with van der Waals surface area (Å²) in [5.74, 6) is -3.41. The van der Waals surface area contributed by atoms with Crippen LogP contribution in [-0.4, -0.2) is 76.4 Å². The van der Waals surface area contributed by atoms with Crippen molar-refractivity contribution < 1.29 is 42.9 Å². The summed E-state index contributed by atoms with van der Waals surface area (Å²) in [5, 5.41) is 2.55. The van der Waals surface area contributed by atoms with Crippen molar-refractivity contribution in [3.63, 3.8) is 0 Å². The van der Waals surface area contributed by atoms with Crippen molar-refractivity contribution in [1.82, 2.24) is 25.3 Å². The van der Waals surface area contributed by atoms with Crippen molar-refractivity contribution in [2.45, 2.75) is 67.0 Å². The third kappa shape index (κ3) is 11.3. The number of benzene rings is 1. The molecule has 0 saturated heterocycles. The fourth-order valence-corrected chi connectivity index (χ4v) is 3.91. The molecule has 0 radical (unpaired) electrons. The van der Waals surface area contributed by atoms with Gasteiger partial charge in [0.25, 0.3) is 5.91 Å². The quantitative estimate of drug-likeness (QED) is 0.173.